The van der Waals surface area contributed by atoms with Gasteiger partial charge in [-0.2, -0.15) is 0 Å². The lowest BCUT2D eigenvalue weighted by Gasteiger charge is -2.48. The largest absolute Gasteiger partial charge is 0.493 e. The highest BCUT2D eigenvalue weighted by Crippen LogP contribution is 2.54. The lowest BCUT2D eigenvalue weighted by Crippen LogP contribution is -2.47. The number of hydrogen-bond acceptors (Lipinski definition) is 6. The fourth-order valence-corrected chi connectivity index (χ4v) is 7.87. The van der Waals surface area contributed by atoms with Crippen molar-refractivity contribution in [2.75, 3.05) is 35.0 Å². The minimum absolute atomic E-state index is 0.166. The molecule has 0 aromatic heterocycles. The highest BCUT2D eigenvalue weighted by molar-refractivity contribution is 5.85. The van der Waals surface area contributed by atoms with Crippen LogP contribution >= 0.6 is 0 Å². The fraction of sp³-hybridized carbons (Fsp3) is 0.238. The van der Waals surface area contributed by atoms with Gasteiger partial charge in [0, 0.05) is 18.4 Å². The van der Waals surface area contributed by atoms with Crippen molar-refractivity contribution < 1.29 is 29.2 Å². The summed E-state index contributed by atoms with van der Waals surface area (Å²) >= 11 is 0. The Morgan fingerprint density at radius 3 is 1.65 bits per heavy atom. The minimum atomic E-state index is -1.49. The van der Waals surface area contributed by atoms with Gasteiger partial charge in [0.15, 0.2) is 23.0 Å². The molecule has 1 aliphatic carbocycles. The van der Waals surface area contributed by atoms with E-state index in [2.05, 4.69) is 48.5 Å². The van der Waals surface area contributed by atoms with Gasteiger partial charge in [-0.3, -0.25) is 0 Å². The van der Waals surface area contributed by atoms with Crippen molar-refractivity contribution in [3.05, 3.63) is 143 Å². The molecule has 0 saturated heterocycles. The normalized spacial score (nSPS) is 17.6. The van der Waals surface area contributed by atoms with E-state index in [1.54, 1.807) is 28.4 Å². The molecule has 0 amide bonds. The summed E-state index contributed by atoms with van der Waals surface area (Å²) in [4.78, 5) is 0. The number of aliphatic hydroxyl groups is 2. The zero-order valence-electron chi connectivity index (χ0n) is 27.6. The molecule has 48 heavy (non-hydrogen) atoms. The maximum atomic E-state index is 13.6. The van der Waals surface area contributed by atoms with Gasteiger partial charge < -0.3 is 29.2 Å². The molecule has 1 aliphatic rings. The Kier molecular flexibility index (Phi) is 8.46. The topological polar surface area (TPSA) is 77.4 Å². The van der Waals surface area contributed by atoms with Gasteiger partial charge in [-0.1, -0.05) is 78.9 Å². The van der Waals surface area contributed by atoms with Crippen molar-refractivity contribution in [2.24, 2.45) is 11.8 Å². The Morgan fingerprint density at radius 1 is 0.583 bits per heavy atom. The Labute approximate surface area is 281 Å². The minimum Gasteiger partial charge on any atom is -0.493 e. The van der Waals surface area contributed by atoms with Crippen molar-refractivity contribution in [1.29, 1.82) is 0 Å². The number of hydrogen-bond donors (Lipinski definition) is 2. The second-order valence-corrected chi connectivity index (χ2v) is 12.5. The van der Waals surface area contributed by atoms with Crippen molar-refractivity contribution in [1.82, 2.24) is 0 Å². The molecular weight excluding hydrogens is 600 g/mol. The Bertz CT molecular complexity index is 2020. The van der Waals surface area contributed by atoms with Crippen LogP contribution in [-0.4, -0.2) is 45.3 Å². The number of rotatable bonds is 9. The van der Waals surface area contributed by atoms with E-state index in [4.69, 9.17) is 18.9 Å². The second-order valence-electron chi connectivity index (χ2n) is 12.5. The molecule has 2 N–H and O–H groups in total. The van der Waals surface area contributed by atoms with Crippen molar-refractivity contribution in [2.45, 2.75) is 17.9 Å². The van der Waals surface area contributed by atoms with Crippen molar-refractivity contribution in [3.8, 4) is 23.0 Å². The highest BCUT2D eigenvalue weighted by Gasteiger charge is 2.50. The van der Waals surface area contributed by atoms with Crippen LogP contribution in [0.1, 0.15) is 33.7 Å². The Hall–Kier alpha value is -5.04. The first kappa shape index (κ1) is 31.6. The van der Waals surface area contributed by atoms with Crippen LogP contribution in [0.15, 0.2) is 115 Å². The third kappa shape index (κ3) is 5.22. The van der Waals surface area contributed by atoms with E-state index in [1.807, 2.05) is 66.7 Å². The number of ether oxygens (including phenoxy) is 4. The lowest BCUT2D eigenvalue weighted by molar-refractivity contribution is -0.0334. The molecule has 0 fully saturated rings. The molecule has 0 bridgehead atoms. The smallest absolute Gasteiger partial charge is 0.161 e. The highest BCUT2D eigenvalue weighted by atomic mass is 16.5. The summed E-state index contributed by atoms with van der Waals surface area (Å²) in [5.41, 5.74) is 3.02. The van der Waals surface area contributed by atoms with Gasteiger partial charge in [0.25, 0.3) is 0 Å². The van der Waals surface area contributed by atoms with Crippen LogP contribution < -0.4 is 18.9 Å². The average Bonchev–Trinajstić information content (AvgIpc) is 3.15. The molecule has 6 heteroatoms. The molecular formula is C42H40O6. The summed E-state index contributed by atoms with van der Waals surface area (Å²) in [7, 11) is 6.50. The van der Waals surface area contributed by atoms with E-state index in [-0.39, 0.29) is 12.5 Å². The van der Waals surface area contributed by atoms with Crippen LogP contribution in [0.5, 0.6) is 23.0 Å². The van der Waals surface area contributed by atoms with E-state index in [1.165, 1.54) is 0 Å². The third-order valence-electron chi connectivity index (χ3n) is 10.3. The Balaban J connectivity index is 1.51. The molecule has 3 atom stereocenters. The van der Waals surface area contributed by atoms with E-state index < -0.39 is 17.4 Å². The van der Waals surface area contributed by atoms with Crippen LogP contribution in [0, 0.1) is 11.8 Å². The molecule has 6 nitrogen and oxygen atoms in total. The number of benzene rings is 6. The molecule has 7 rings (SSSR count). The molecule has 0 aliphatic heterocycles. The van der Waals surface area contributed by atoms with Gasteiger partial charge in [0.1, 0.15) is 5.60 Å². The maximum Gasteiger partial charge on any atom is 0.161 e. The summed E-state index contributed by atoms with van der Waals surface area (Å²) in [5.74, 6) is 1.25. The molecule has 0 unspecified atom stereocenters. The number of aliphatic hydroxyl groups excluding tert-OH is 1. The molecule has 6 aromatic carbocycles. The zero-order chi connectivity index (χ0) is 33.4. The van der Waals surface area contributed by atoms with E-state index >= 15 is 0 Å². The van der Waals surface area contributed by atoms with Gasteiger partial charge in [0.05, 0.1) is 28.4 Å². The standard InChI is InChI=1S/C42H40O6/c1-45-37-18-15-30(22-38(37)46-2)41-34-24-40(48-4)39(47-3)23-31(34)21-36(35(41)25-43)42(44,32-16-13-26-9-5-7-11-28(26)19-32)33-17-14-27-10-6-8-12-29(27)20-33/h5-20,22-24,35-36,41,43-44H,21,25H2,1-4H3/t35-,36+,41-/m0/s1. The van der Waals surface area contributed by atoms with Crippen LogP contribution in [0.2, 0.25) is 0 Å². The first-order valence-corrected chi connectivity index (χ1v) is 16.2. The monoisotopic (exact) mass is 640 g/mol. The quantitative estimate of drug-likeness (QED) is 0.168. The van der Waals surface area contributed by atoms with Crippen LogP contribution in [0.4, 0.5) is 0 Å². The lowest BCUT2D eigenvalue weighted by atomic mass is 9.59. The van der Waals surface area contributed by atoms with Crippen molar-refractivity contribution >= 4 is 21.5 Å². The summed E-state index contributed by atoms with van der Waals surface area (Å²) in [6.07, 6.45) is 0.487. The summed E-state index contributed by atoms with van der Waals surface area (Å²) in [6, 6.07) is 38.7. The van der Waals surface area contributed by atoms with Gasteiger partial charge in [-0.25, -0.2) is 0 Å². The molecule has 244 valence electrons. The first-order valence-electron chi connectivity index (χ1n) is 16.2. The molecule has 0 saturated carbocycles. The zero-order valence-corrected chi connectivity index (χ0v) is 27.6. The molecule has 0 heterocycles. The van der Waals surface area contributed by atoms with E-state index in [9.17, 15) is 10.2 Å². The maximum absolute atomic E-state index is 13.6. The van der Waals surface area contributed by atoms with Crippen LogP contribution in [0.3, 0.4) is 0 Å². The van der Waals surface area contributed by atoms with E-state index in [0.717, 1.165) is 49.4 Å². The fourth-order valence-electron chi connectivity index (χ4n) is 7.87. The molecule has 0 spiro atoms. The van der Waals surface area contributed by atoms with Gasteiger partial charge in [-0.05, 0) is 98.1 Å². The van der Waals surface area contributed by atoms with Gasteiger partial charge in [0.2, 0.25) is 0 Å². The summed E-state index contributed by atoms with van der Waals surface area (Å²) in [5, 5.41) is 29.3. The van der Waals surface area contributed by atoms with Crippen LogP contribution in [-0.2, 0) is 12.0 Å². The first-order chi connectivity index (χ1) is 23.4. The van der Waals surface area contributed by atoms with E-state index in [0.29, 0.717) is 29.4 Å². The summed E-state index contributed by atoms with van der Waals surface area (Å²) in [6.45, 7) is -0.166. The van der Waals surface area contributed by atoms with Gasteiger partial charge in [-0.15, -0.1) is 0 Å². The van der Waals surface area contributed by atoms with Gasteiger partial charge >= 0.3 is 0 Å². The SMILES string of the molecule is COc1ccc([C@H]2c3cc(OC)c(OC)cc3C[C@@H](C(O)(c3ccc4ccccc4c3)c3ccc4ccccc4c3)[C@@H]2CO)cc1OC. The summed E-state index contributed by atoms with van der Waals surface area (Å²) < 4.78 is 22.9. The second kappa shape index (κ2) is 12.9. The number of methoxy groups -OCH3 is 4. The van der Waals surface area contributed by atoms with Crippen molar-refractivity contribution in [3.63, 3.8) is 0 Å². The molecule has 0 radical (unpaired) electrons. The number of fused-ring (bicyclic) bond motifs is 3. The Morgan fingerprint density at radius 2 is 1.10 bits per heavy atom. The molecule has 6 aromatic rings. The third-order valence-corrected chi connectivity index (χ3v) is 10.3. The van der Waals surface area contributed by atoms with Crippen LogP contribution in [0.25, 0.3) is 21.5 Å². The predicted octanol–water partition coefficient (Wildman–Crippen LogP) is 7.88. The average molecular weight is 641 g/mol. The predicted molar refractivity (Wildman–Crippen MR) is 190 cm³/mol.